The first-order valence-electron chi connectivity index (χ1n) is 6.59. The molecule has 0 spiro atoms. The Morgan fingerprint density at radius 1 is 1.43 bits per heavy atom. The molecule has 0 saturated carbocycles. The van der Waals surface area contributed by atoms with Crippen molar-refractivity contribution in [1.82, 2.24) is 10.3 Å². The van der Waals surface area contributed by atoms with Gasteiger partial charge in [-0.2, -0.15) is 0 Å². The molecule has 0 bridgehead atoms. The van der Waals surface area contributed by atoms with Gasteiger partial charge in [0.1, 0.15) is 5.82 Å². The average Bonchev–Trinajstić information content (AvgIpc) is 2.48. The number of carbonyl (C=O) groups excluding carboxylic acids is 1. The number of amides is 1. The summed E-state index contributed by atoms with van der Waals surface area (Å²) >= 11 is 1.67. The maximum Gasteiger partial charge on any atom is 0.272 e. The van der Waals surface area contributed by atoms with Gasteiger partial charge in [-0.25, -0.2) is 9.37 Å². The van der Waals surface area contributed by atoms with Crippen LogP contribution in [0.25, 0.3) is 0 Å². The van der Waals surface area contributed by atoms with Gasteiger partial charge in [0.2, 0.25) is 0 Å². The Morgan fingerprint density at radius 2 is 2.29 bits per heavy atom. The number of nitrogens with two attached hydrogens (primary N) is 1. The minimum atomic E-state index is -0.333. The summed E-state index contributed by atoms with van der Waals surface area (Å²) in [5.74, 6) is 0.245. The Hall–Kier alpha value is -2.08. The summed E-state index contributed by atoms with van der Waals surface area (Å²) in [6.45, 7) is 0. The Balaban J connectivity index is 1.85. The van der Waals surface area contributed by atoms with E-state index < -0.39 is 0 Å². The van der Waals surface area contributed by atoms with Crippen molar-refractivity contribution in [1.29, 1.82) is 0 Å². The number of fused-ring (bicyclic) bond motifs is 1. The molecule has 4 nitrogen and oxygen atoms in total. The van der Waals surface area contributed by atoms with Gasteiger partial charge in [0, 0.05) is 16.8 Å². The van der Waals surface area contributed by atoms with Crippen molar-refractivity contribution in [2.75, 3.05) is 11.5 Å². The van der Waals surface area contributed by atoms with Gasteiger partial charge in [0.15, 0.2) is 5.69 Å². The molecular weight excluding hydrogens is 289 g/mol. The molecule has 3 rings (SSSR count). The molecule has 6 heteroatoms. The van der Waals surface area contributed by atoms with E-state index in [9.17, 15) is 9.18 Å². The Bertz CT molecular complexity index is 692. The van der Waals surface area contributed by atoms with E-state index in [-0.39, 0.29) is 23.5 Å². The SMILES string of the molecule is Nc1cccnc1C(=O)NC1CCSc2ccc(F)cc21. The smallest absolute Gasteiger partial charge is 0.272 e. The molecule has 2 aromatic rings. The van der Waals surface area contributed by atoms with E-state index in [1.807, 2.05) is 0 Å². The lowest BCUT2D eigenvalue weighted by atomic mass is 10.0. The van der Waals surface area contributed by atoms with E-state index in [1.165, 1.54) is 18.3 Å². The highest BCUT2D eigenvalue weighted by atomic mass is 32.2. The molecule has 3 N–H and O–H groups in total. The third-order valence-corrected chi connectivity index (χ3v) is 4.49. The number of nitrogens with zero attached hydrogens (tertiary/aromatic N) is 1. The third-order valence-electron chi connectivity index (χ3n) is 3.37. The third kappa shape index (κ3) is 2.85. The fraction of sp³-hybridized carbons (Fsp3) is 0.200. The predicted octanol–water partition coefficient (Wildman–Crippen LogP) is 2.77. The highest BCUT2D eigenvalue weighted by Crippen LogP contribution is 2.36. The van der Waals surface area contributed by atoms with Crippen molar-refractivity contribution in [3.8, 4) is 0 Å². The van der Waals surface area contributed by atoms with E-state index in [0.29, 0.717) is 5.69 Å². The van der Waals surface area contributed by atoms with Crippen molar-refractivity contribution in [2.24, 2.45) is 0 Å². The minimum absolute atomic E-state index is 0.202. The lowest BCUT2D eigenvalue weighted by molar-refractivity contribution is 0.0931. The van der Waals surface area contributed by atoms with Gasteiger partial charge in [-0.05, 0) is 42.3 Å². The van der Waals surface area contributed by atoms with Crippen LogP contribution in [0.2, 0.25) is 0 Å². The molecule has 1 aromatic carbocycles. The molecule has 2 heterocycles. The fourth-order valence-corrected chi connectivity index (χ4v) is 3.45. The van der Waals surface area contributed by atoms with Crippen LogP contribution in [-0.2, 0) is 0 Å². The molecule has 1 unspecified atom stereocenters. The number of anilines is 1. The molecule has 1 aliphatic rings. The van der Waals surface area contributed by atoms with E-state index in [1.54, 1.807) is 30.0 Å². The second kappa shape index (κ2) is 5.73. The fourth-order valence-electron chi connectivity index (χ4n) is 2.35. The van der Waals surface area contributed by atoms with Crippen LogP contribution in [0.1, 0.15) is 28.5 Å². The van der Waals surface area contributed by atoms with Crippen LogP contribution in [0, 0.1) is 5.82 Å². The number of benzene rings is 1. The Kier molecular flexibility index (Phi) is 3.79. The largest absolute Gasteiger partial charge is 0.397 e. The number of thioether (sulfide) groups is 1. The zero-order valence-electron chi connectivity index (χ0n) is 11.2. The zero-order valence-corrected chi connectivity index (χ0v) is 12.0. The first kappa shape index (κ1) is 13.9. The van der Waals surface area contributed by atoms with Gasteiger partial charge < -0.3 is 11.1 Å². The molecule has 0 aliphatic carbocycles. The van der Waals surface area contributed by atoms with Crippen LogP contribution in [0.5, 0.6) is 0 Å². The summed E-state index contributed by atoms with van der Waals surface area (Å²) in [5.41, 5.74) is 7.11. The highest BCUT2D eigenvalue weighted by Gasteiger charge is 2.24. The number of pyridine rings is 1. The van der Waals surface area contributed by atoms with Crippen molar-refractivity contribution >= 4 is 23.4 Å². The van der Waals surface area contributed by atoms with Crippen molar-refractivity contribution < 1.29 is 9.18 Å². The van der Waals surface area contributed by atoms with Gasteiger partial charge in [0.05, 0.1) is 11.7 Å². The summed E-state index contributed by atoms with van der Waals surface area (Å²) in [6.07, 6.45) is 2.27. The van der Waals surface area contributed by atoms with Crippen LogP contribution in [0.15, 0.2) is 41.4 Å². The van der Waals surface area contributed by atoms with Crippen molar-refractivity contribution in [2.45, 2.75) is 17.4 Å². The van der Waals surface area contributed by atoms with E-state index in [0.717, 1.165) is 22.6 Å². The molecule has 1 atom stereocenters. The van der Waals surface area contributed by atoms with Crippen LogP contribution in [0.4, 0.5) is 10.1 Å². The Labute approximate surface area is 126 Å². The zero-order chi connectivity index (χ0) is 14.8. The van der Waals surface area contributed by atoms with Gasteiger partial charge >= 0.3 is 0 Å². The van der Waals surface area contributed by atoms with Crippen molar-refractivity contribution in [3.63, 3.8) is 0 Å². The highest BCUT2D eigenvalue weighted by molar-refractivity contribution is 7.99. The first-order valence-corrected chi connectivity index (χ1v) is 7.57. The molecule has 1 aromatic heterocycles. The molecule has 0 fully saturated rings. The predicted molar refractivity (Wildman–Crippen MR) is 80.6 cm³/mol. The summed E-state index contributed by atoms with van der Waals surface area (Å²) in [7, 11) is 0. The average molecular weight is 303 g/mol. The maximum atomic E-state index is 13.4. The van der Waals surface area contributed by atoms with E-state index in [2.05, 4.69) is 10.3 Å². The quantitative estimate of drug-likeness (QED) is 0.895. The lowest BCUT2D eigenvalue weighted by Gasteiger charge is -2.26. The second-order valence-electron chi connectivity index (χ2n) is 4.79. The summed E-state index contributed by atoms with van der Waals surface area (Å²) < 4.78 is 13.4. The van der Waals surface area contributed by atoms with Gasteiger partial charge in [-0.1, -0.05) is 0 Å². The molecule has 108 valence electrons. The molecule has 0 saturated heterocycles. The Morgan fingerprint density at radius 3 is 3.10 bits per heavy atom. The maximum absolute atomic E-state index is 13.4. The summed E-state index contributed by atoms with van der Waals surface area (Å²) in [5, 5.41) is 2.90. The standard InChI is InChI=1S/C15H14FN3OS/c16-9-3-4-13-10(8-9)12(5-7-21-13)19-15(20)14-11(17)2-1-6-18-14/h1-4,6,8,12H,5,7,17H2,(H,19,20). The lowest BCUT2D eigenvalue weighted by Crippen LogP contribution is -2.31. The molecule has 1 aliphatic heterocycles. The number of nitrogen functional groups attached to an aromatic ring is 1. The van der Waals surface area contributed by atoms with E-state index in [4.69, 9.17) is 5.73 Å². The molecule has 1 amide bonds. The van der Waals surface area contributed by atoms with Gasteiger partial charge in [-0.15, -0.1) is 11.8 Å². The number of hydrogen-bond donors (Lipinski definition) is 2. The van der Waals surface area contributed by atoms with Crippen LogP contribution in [0.3, 0.4) is 0 Å². The molecule has 21 heavy (non-hydrogen) atoms. The number of hydrogen-bond acceptors (Lipinski definition) is 4. The molecular formula is C15H14FN3OS. The number of aromatic nitrogens is 1. The monoisotopic (exact) mass is 303 g/mol. The number of carbonyl (C=O) groups is 1. The minimum Gasteiger partial charge on any atom is -0.397 e. The summed E-state index contributed by atoms with van der Waals surface area (Å²) in [6, 6.07) is 7.76. The van der Waals surface area contributed by atoms with E-state index >= 15 is 0 Å². The van der Waals surface area contributed by atoms with Gasteiger partial charge in [0.25, 0.3) is 5.91 Å². The first-order chi connectivity index (χ1) is 10.1. The summed E-state index contributed by atoms with van der Waals surface area (Å²) in [4.78, 5) is 17.3. The number of rotatable bonds is 2. The van der Waals surface area contributed by atoms with Crippen LogP contribution < -0.4 is 11.1 Å². The van der Waals surface area contributed by atoms with Gasteiger partial charge in [-0.3, -0.25) is 4.79 Å². The van der Waals surface area contributed by atoms with Crippen molar-refractivity contribution in [3.05, 3.63) is 53.6 Å². The van der Waals surface area contributed by atoms with Crippen LogP contribution >= 0.6 is 11.8 Å². The topological polar surface area (TPSA) is 68.0 Å². The number of halogens is 1. The normalized spacial score (nSPS) is 17.1. The molecule has 0 radical (unpaired) electrons. The number of nitrogens with one attached hydrogen (secondary N) is 1. The van der Waals surface area contributed by atoms with Crippen LogP contribution in [-0.4, -0.2) is 16.6 Å². The second-order valence-corrected chi connectivity index (χ2v) is 5.92.